The van der Waals surface area contributed by atoms with Crippen LogP contribution < -0.4 is 5.32 Å². The number of hydrogen-bond donors (Lipinski definition) is 2. The lowest BCUT2D eigenvalue weighted by molar-refractivity contribution is -0.192. The molecule has 0 bridgehead atoms. The number of ether oxygens (including phenoxy) is 1. The highest BCUT2D eigenvalue weighted by Crippen LogP contribution is 2.37. The first-order valence-corrected chi connectivity index (χ1v) is 7.70. The number of rotatable bonds is 1. The van der Waals surface area contributed by atoms with E-state index in [-0.39, 0.29) is 17.6 Å². The van der Waals surface area contributed by atoms with Gasteiger partial charge in [0.15, 0.2) is 0 Å². The van der Waals surface area contributed by atoms with Crippen LogP contribution in [-0.4, -0.2) is 65.9 Å². The summed E-state index contributed by atoms with van der Waals surface area (Å²) in [5, 5.41) is 10.5. The molecule has 0 aromatic rings. The summed E-state index contributed by atoms with van der Waals surface area (Å²) in [6.07, 6.45) is 0.250. The largest absolute Gasteiger partial charge is 0.490 e. The predicted molar refractivity (Wildman–Crippen MR) is 73.8 cm³/mol. The molecule has 6 nitrogen and oxygen atoms in total. The van der Waals surface area contributed by atoms with Gasteiger partial charge < -0.3 is 20.1 Å². The molecule has 0 radical (unpaired) electrons. The normalized spacial score (nSPS) is 30.4. The number of hydrogen-bond acceptors (Lipinski definition) is 4. The Morgan fingerprint density at radius 1 is 1.26 bits per heavy atom. The van der Waals surface area contributed by atoms with E-state index >= 15 is 0 Å². The van der Waals surface area contributed by atoms with E-state index in [4.69, 9.17) is 14.6 Å². The van der Waals surface area contributed by atoms with Gasteiger partial charge in [-0.2, -0.15) is 13.2 Å². The molecule has 0 aromatic carbocycles. The number of carboxylic acid groups (broad SMARTS) is 1. The van der Waals surface area contributed by atoms with Crippen LogP contribution in [0.5, 0.6) is 0 Å². The minimum Gasteiger partial charge on any atom is -0.475 e. The van der Waals surface area contributed by atoms with Crippen LogP contribution in [0.4, 0.5) is 13.2 Å². The van der Waals surface area contributed by atoms with E-state index in [0.29, 0.717) is 0 Å². The molecular formula is C14H21F3N2O4. The van der Waals surface area contributed by atoms with Crippen molar-refractivity contribution in [3.63, 3.8) is 0 Å². The molecule has 3 heterocycles. The Kier molecular flexibility index (Phi) is 5.51. The fraction of sp³-hybridized carbons (Fsp3) is 0.857. The van der Waals surface area contributed by atoms with E-state index in [1.54, 1.807) is 0 Å². The van der Waals surface area contributed by atoms with Crippen molar-refractivity contribution in [3.8, 4) is 0 Å². The number of likely N-dealkylation sites (tertiary alicyclic amines) is 1. The molecule has 3 saturated heterocycles. The topological polar surface area (TPSA) is 78.9 Å². The number of alkyl halides is 3. The maximum absolute atomic E-state index is 12.3. The number of amides is 1. The van der Waals surface area contributed by atoms with Crippen LogP contribution in [0.3, 0.4) is 0 Å². The minimum absolute atomic E-state index is 0.140. The molecule has 2 unspecified atom stereocenters. The van der Waals surface area contributed by atoms with Gasteiger partial charge in [-0.1, -0.05) is 0 Å². The van der Waals surface area contributed by atoms with Gasteiger partial charge in [-0.25, -0.2) is 4.79 Å². The quantitative estimate of drug-likeness (QED) is 0.750. The molecule has 3 aliphatic heterocycles. The number of carbonyl (C=O) groups excluding carboxylic acids is 1. The summed E-state index contributed by atoms with van der Waals surface area (Å²) in [4.78, 5) is 23.2. The Morgan fingerprint density at radius 2 is 1.96 bits per heavy atom. The second-order valence-electron chi connectivity index (χ2n) is 6.05. The summed E-state index contributed by atoms with van der Waals surface area (Å²) < 4.78 is 37.2. The number of nitrogens with zero attached hydrogens (tertiary/aromatic N) is 1. The lowest BCUT2D eigenvalue weighted by Crippen LogP contribution is -2.69. The van der Waals surface area contributed by atoms with Crippen LogP contribution in [0.15, 0.2) is 0 Å². The smallest absolute Gasteiger partial charge is 0.475 e. The highest BCUT2D eigenvalue weighted by Gasteiger charge is 2.49. The van der Waals surface area contributed by atoms with Gasteiger partial charge in [-0.05, 0) is 38.6 Å². The first kappa shape index (κ1) is 18.0. The van der Waals surface area contributed by atoms with Gasteiger partial charge in [0.2, 0.25) is 0 Å². The summed E-state index contributed by atoms with van der Waals surface area (Å²) in [5.41, 5.74) is 0.140. The number of carboxylic acids is 1. The summed E-state index contributed by atoms with van der Waals surface area (Å²) in [7, 11) is 0. The minimum atomic E-state index is -5.08. The first-order valence-electron chi connectivity index (χ1n) is 7.70. The number of halogens is 3. The van der Waals surface area contributed by atoms with E-state index in [2.05, 4.69) is 10.2 Å². The number of carbonyl (C=O) groups is 2. The van der Waals surface area contributed by atoms with Crippen LogP contribution in [-0.2, 0) is 14.3 Å². The fourth-order valence-electron chi connectivity index (χ4n) is 3.23. The standard InChI is InChI=1S/C12H20N2O2.C2HF3O2/c15-11(10-3-1-8-16-10)14-7-5-12(14)4-2-6-13-9-12;3-2(4,5)1(6)7/h10,13H,1-9H2;(H,6,7). The maximum atomic E-state index is 12.3. The average molecular weight is 338 g/mol. The van der Waals surface area contributed by atoms with Gasteiger partial charge >= 0.3 is 12.1 Å². The van der Waals surface area contributed by atoms with Crippen molar-refractivity contribution in [3.05, 3.63) is 0 Å². The Hall–Kier alpha value is -1.35. The molecule has 2 N–H and O–H groups in total. The third kappa shape index (κ3) is 4.14. The Balaban J connectivity index is 0.000000236. The van der Waals surface area contributed by atoms with E-state index in [0.717, 1.165) is 39.1 Å². The number of nitrogens with one attached hydrogen (secondary N) is 1. The Labute approximate surface area is 132 Å². The highest BCUT2D eigenvalue weighted by atomic mass is 19.4. The third-order valence-corrected chi connectivity index (χ3v) is 4.54. The summed E-state index contributed by atoms with van der Waals surface area (Å²) in [5.74, 6) is -2.51. The molecule has 0 aromatic heterocycles. The lowest BCUT2D eigenvalue weighted by Gasteiger charge is -2.55. The van der Waals surface area contributed by atoms with Crippen LogP contribution in [0.1, 0.15) is 32.1 Å². The van der Waals surface area contributed by atoms with Gasteiger partial charge in [0.1, 0.15) is 6.10 Å². The summed E-state index contributed by atoms with van der Waals surface area (Å²) >= 11 is 0. The van der Waals surface area contributed by atoms with E-state index in [9.17, 15) is 18.0 Å². The second-order valence-corrected chi connectivity index (χ2v) is 6.05. The molecule has 1 spiro atoms. The van der Waals surface area contributed by atoms with Crippen molar-refractivity contribution in [1.82, 2.24) is 10.2 Å². The zero-order valence-electron chi connectivity index (χ0n) is 12.7. The van der Waals surface area contributed by atoms with Crippen molar-refractivity contribution in [1.29, 1.82) is 0 Å². The molecule has 3 aliphatic rings. The van der Waals surface area contributed by atoms with Gasteiger partial charge in [-0.3, -0.25) is 4.79 Å². The third-order valence-electron chi connectivity index (χ3n) is 4.54. The molecule has 9 heteroatoms. The van der Waals surface area contributed by atoms with Crippen LogP contribution in [0.25, 0.3) is 0 Å². The van der Waals surface area contributed by atoms with Crippen molar-refractivity contribution in [2.45, 2.75) is 49.9 Å². The Morgan fingerprint density at radius 3 is 2.35 bits per heavy atom. The lowest BCUT2D eigenvalue weighted by atomic mass is 9.78. The van der Waals surface area contributed by atoms with E-state index < -0.39 is 12.1 Å². The molecular weight excluding hydrogens is 317 g/mol. The zero-order valence-corrected chi connectivity index (χ0v) is 12.7. The first-order chi connectivity index (χ1) is 10.8. The van der Waals surface area contributed by atoms with Gasteiger partial charge in [0.05, 0.1) is 5.54 Å². The SMILES string of the molecule is O=C(C1CCCO1)N1CCC12CCCNC2.O=C(O)C(F)(F)F. The fourth-order valence-corrected chi connectivity index (χ4v) is 3.23. The predicted octanol–water partition coefficient (Wildman–Crippen LogP) is 1.15. The number of piperidine rings is 1. The van der Waals surface area contributed by atoms with E-state index in [1.165, 1.54) is 19.3 Å². The Bertz CT molecular complexity index is 444. The summed E-state index contributed by atoms with van der Waals surface area (Å²) in [6.45, 7) is 3.77. The van der Waals surface area contributed by atoms with Crippen LogP contribution >= 0.6 is 0 Å². The molecule has 23 heavy (non-hydrogen) atoms. The molecule has 3 rings (SSSR count). The zero-order chi connectivity index (χ0) is 17.1. The highest BCUT2D eigenvalue weighted by molar-refractivity contribution is 5.83. The van der Waals surface area contributed by atoms with Crippen molar-refractivity contribution in [2.75, 3.05) is 26.2 Å². The number of aliphatic carboxylic acids is 1. The second kappa shape index (κ2) is 7.04. The molecule has 1 amide bonds. The van der Waals surface area contributed by atoms with Crippen molar-refractivity contribution in [2.24, 2.45) is 0 Å². The van der Waals surface area contributed by atoms with Gasteiger partial charge in [-0.15, -0.1) is 0 Å². The average Bonchev–Trinajstić information content (AvgIpc) is 3.01. The molecule has 3 fully saturated rings. The van der Waals surface area contributed by atoms with Gasteiger partial charge in [0.25, 0.3) is 5.91 Å². The summed E-state index contributed by atoms with van der Waals surface area (Å²) in [6, 6.07) is 0. The van der Waals surface area contributed by atoms with Crippen molar-refractivity contribution >= 4 is 11.9 Å². The van der Waals surface area contributed by atoms with Crippen molar-refractivity contribution < 1.29 is 32.6 Å². The monoisotopic (exact) mass is 338 g/mol. The molecule has 132 valence electrons. The van der Waals surface area contributed by atoms with Gasteiger partial charge in [0, 0.05) is 19.7 Å². The molecule has 0 aliphatic carbocycles. The van der Waals surface area contributed by atoms with E-state index in [1.807, 2.05) is 0 Å². The van der Waals surface area contributed by atoms with Crippen LogP contribution in [0, 0.1) is 0 Å². The molecule has 0 saturated carbocycles. The molecule has 2 atom stereocenters. The van der Waals surface area contributed by atoms with Crippen LogP contribution in [0.2, 0.25) is 0 Å². The maximum Gasteiger partial charge on any atom is 0.490 e.